The Kier molecular flexibility index (Phi) is 10.7. The first-order chi connectivity index (χ1) is 19.2. The first kappa shape index (κ1) is 32.4. The minimum absolute atomic E-state index is 0.0493. The van der Waals surface area contributed by atoms with Gasteiger partial charge in [-0.15, -0.1) is 0 Å². The zero-order valence-corrected chi connectivity index (χ0v) is 22.2. The zero-order chi connectivity index (χ0) is 31.0. The number of ether oxygens (including phenoxy) is 3. The third-order valence-corrected chi connectivity index (χ3v) is 6.07. The number of halogens is 4. The second-order valence-electron chi connectivity index (χ2n) is 7.60. The van der Waals surface area contributed by atoms with Crippen molar-refractivity contribution < 1.29 is 63.6 Å². The molecule has 0 aromatic heterocycles. The predicted molar refractivity (Wildman–Crippen MR) is 134 cm³/mol. The molecule has 3 aromatic carbocycles. The van der Waals surface area contributed by atoms with Gasteiger partial charge in [0.1, 0.15) is 11.6 Å². The minimum Gasteiger partial charge on any atom is -0.497 e. The van der Waals surface area contributed by atoms with Gasteiger partial charge in [0.05, 0.1) is 38.0 Å². The van der Waals surface area contributed by atoms with Crippen molar-refractivity contribution >= 4 is 34.6 Å². The molecule has 3 rings (SSSR count). The summed E-state index contributed by atoms with van der Waals surface area (Å²) in [5, 5.41) is 0. The van der Waals surface area contributed by atoms with Crippen LogP contribution in [0, 0.1) is 5.82 Å². The van der Waals surface area contributed by atoms with E-state index in [2.05, 4.69) is 13.7 Å². The highest BCUT2D eigenvalue weighted by Gasteiger charge is 2.48. The molecule has 0 saturated heterocycles. The van der Waals surface area contributed by atoms with E-state index in [9.17, 15) is 45.2 Å². The highest BCUT2D eigenvalue weighted by atomic mass is 32.2. The second-order valence-corrected chi connectivity index (χ2v) is 9.14. The molecule has 0 spiro atoms. The number of rotatable bonds is 8. The second kappa shape index (κ2) is 13.5. The Morgan fingerprint density at radius 1 is 0.756 bits per heavy atom. The quantitative estimate of drug-likeness (QED) is 0.118. The fraction of sp³-hybridized carbons (Fsp3) is 0.154. The van der Waals surface area contributed by atoms with Gasteiger partial charge in [0, 0.05) is 11.1 Å². The Labute approximate surface area is 230 Å². The number of carbonyl (C=O) groups excluding carboxylic acids is 4. The van der Waals surface area contributed by atoms with E-state index >= 15 is 0 Å². The van der Waals surface area contributed by atoms with Gasteiger partial charge in [-0.2, -0.15) is 21.6 Å². The summed E-state index contributed by atoms with van der Waals surface area (Å²) in [5.74, 6) is -2.26. The number of hydrogen-bond donors (Lipinski definition) is 0. The minimum atomic E-state index is -5.90. The average molecular weight is 600 g/mol. The van der Waals surface area contributed by atoms with Crippen LogP contribution in [0.15, 0.2) is 54.6 Å². The molecule has 218 valence electrons. The SMILES string of the molecule is COC(=O)c1ccc(-c2cc(OC)ccc2F)c(C=O)c1.COC(=O)c1ccc(OS(=O)(=O)C(F)(F)F)c(C=O)c1. The van der Waals surface area contributed by atoms with E-state index < -0.39 is 44.7 Å². The third-order valence-electron chi connectivity index (χ3n) is 5.10. The number of carbonyl (C=O) groups is 4. The van der Waals surface area contributed by atoms with Crippen molar-refractivity contribution in [3.8, 4) is 22.6 Å². The largest absolute Gasteiger partial charge is 0.534 e. The summed E-state index contributed by atoms with van der Waals surface area (Å²) in [7, 11) is -2.12. The molecule has 0 fully saturated rings. The summed E-state index contributed by atoms with van der Waals surface area (Å²) < 4.78 is 89.8. The maximum atomic E-state index is 14.0. The van der Waals surface area contributed by atoms with Gasteiger partial charge in [0.25, 0.3) is 0 Å². The summed E-state index contributed by atoms with van der Waals surface area (Å²) >= 11 is 0. The van der Waals surface area contributed by atoms with Crippen LogP contribution in [0.2, 0.25) is 0 Å². The lowest BCUT2D eigenvalue weighted by Gasteiger charge is -2.11. The molecule has 0 aliphatic heterocycles. The van der Waals surface area contributed by atoms with Crippen LogP contribution >= 0.6 is 0 Å². The van der Waals surface area contributed by atoms with Crippen LogP contribution in [-0.2, 0) is 19.6 Å². The average Bonchev–Trinajstić information content (AvgIpc) is 2.96. The van der Waals surface area contributed by atoms with Gasteiger partial charge < -0.3 is 18.4 Å². The molecule has 0 N–H and O–H groups in total. The number of aldehydes is 2. The van der Waals surface area contributed by atoms with Crippen molar-refractivity contribution in [3.63, 3.8) is 0 Å². The zero-order valence-electron chi connectivity index (χ0n) is 21.4. The van der Waals surface area contributed by atoms with E-state index in [4.69, 9.17) is 4.74 Å². The predicted octanol–water partition coefficient (Wildman–Crippen LogP) is 4.61. The molecule has 0 bridgehead atoms. The summed E-state index contributed by atoms with van der Waals surface area (Å²) in [4.78, 5) is 44.6. The molecule has 0 aliphatic rings. The number of alkyl halides is 3. The van der Waals surface area contributed by atoms with Crippen molar-refractivity contribution in [2.75, 3.05) is 21.3 Å². The molecule has 0 aliphatic carbocycles. The first-order valence-electron chi connectivity index (χ1n) is 10.9. The highest BCUT2D eigenvalue weighted by molar-refractivity contribution is 7.88. The summed E-state index contributed by atoms with van der Waals surface area (Å²) in [6.07, 6.45) is 0.619. The van der Waals surface area contributed by atoms with Crippen LogP contribution in [0.4, 0.5) is 17.6 Å². The lowest BCUT2D eigenvalue weighted by molar-refractivity contribution is -0.0500. The van der Waals surface area contributed by atoms with E-state index in [-0.39, 0.29) is 28.5 Å². The number of esters is 2. The maximum absolute atomic E-state index is 14.0. The molecular weight excluding hydrogens is 580 g/mol. The Balaban J connectivity index is 0.000000287. The third kappa shape index (κ3) is 7.88. The fourth-order valence-electron chi connectivity index (χ4n) is 3.11. The Bertz CT molecular complexity index is 1570. The summed E-state index contributed by atoms with van der Waals surface area (Å²) in [6.45, 7) is 0. The van der Waals surface area contributed by atoms with Crippen molar-refractivity contribution in [2.24, 2.45) is 0 Å². The lowest BCUT2D eigenvalue weighted by Crippen LogP contribution is -2.28. The van der Waals surface area contributed by atoms with E-state index in [0.29, 0.717) is 17.6 Å². The fourth-order valence-corrected chi connectivity index (χ4v) is 3.60. The molecule has 0 radical (unpaired) electrons. The molecule has 0 atom stereocenters. The van der Waals surface area contributed by atoms with Crippen LogP contribution in [0.25, 0.3) is 11.1 Å². The molecule has 10 nitrogen and oxygen atoms in total. The normalized spacial score (nSPS) is 10.9. The molecule has 41 heavy (non-hydrogen) atoms. The summed E-state index contributed by atoms with van der Waals surface area (Å²) in [5.41, 5.74) is -5.28. The summed E-state index contributed by atoms with van der Waals surface area (Å²) in [6, 6.07) is 11.2. The van der Waals surface area contributed by atoms with Crippen LogP contribution in [0.3, 0.4) is 0 Å². The number of hydrogen-bond acceptors (Lipinski definition) is 10. The Morgan fingerprint density at radius 3 is 1.78 bits per heavy atom. The van der Waals surface area contributed by atoms with Gasteiger partial charge in [-0.3, -0.25) is 9.59 Å². The van der Waals surface area contributed by atoms with E-state index in [0.717, 1.165) is 25.3 Å². The van der Waals surface area contributed by atoms with Crippen molar-refractivity contribution in [1.29, 1.82) is 0 Å². The molecule has 0 heterocycles. The van der Waals surface area contributed by atoms with Crippen LogP contribution in [0.1, 0.15) is 41.4 Å². The smallest absolute Gasteiger partial charge is 0.497 e. The molecular formula is C26H20F4O10S. The van der Waals surface area contributed by atoms with Crippen LogP contribution in [0.5, 0.6) is 11.5 Å². The van der Waals surface area contributed by atoms with Gasteiger partial charge in [-0.05, 0) is 54.1 Å². The monoisotopic (exact) mass is 600 g/mol. The molecule has 0 saturated carbocycles. The molecule has 0 amide bonds. The van der Waals surface area contributed by atoms with Gasteiger partial charge in [-0.1, -0.05) is 6.07 Å². The topological polar surface area (TPSA) is 139 Å². The standard InChI is InChI=1S/C16H13FO4.C10H7F3O6S/c1-20-12-4-6-15(17)14(8-12)13-5-3-10(16(19)21-2)7-11(13)9-18;1-18-9(15)6-2-3-8(7(4-6)5-14)19-20(16,17)10(11,12)13/h3-9H,1-2H3;2-5H,1H3. The van der Waals surface area contributed by atoms with E-state index in [1.54, 1.807) is 0 Å². The van der Waals surface area contributed by atoms with Gasteiger partial charge >= 0.3 is 27.6 Å². The van der Waals surface area contributed by atoms with Crippen molar-refractivity contribution in [1.82, 2.24) is 0 Å². The van der Waals surface area contributed by atoms with Crippen LogP contribution < -0.4 is 8.92 Å². The van der Waals surface area contributed by atoms with Gasteiger partial charge in [-0.25, -0.2) is 14.0 Å². The molecule has 15 heteroatoms. The first-order valence-corrected chi connectivity index (χ1v) is 12.3. The Hall–Kier alpha value is -4.79. The molecule has 3 aromatic rings. The van der Waals surface area contributed by atoms with E-state index in [1.807, 2.05) is 0 Å². The van der Waals surface area contributed by atoms with Gasteiger partial charge in [0.15, 0.2) is 18.3 Å². The van der Waals surface area contributed by atoms with Gasteiger partial charge in [0.2, 0.25) is 0 Å². The number of benzene rings is 3. The maximum Gasteiger partial charge on any atom is 0.534 e. The highest BCUT2D eigenvalue weighted by Crippen LogP contribution is 2.31. The number of methoxy groups -OCH3 is 3. The van der Waals surface area contributed by atoms with Crippen LogP contribution in [-0.4, -0.2) is 59.8 Å². The van der Waals surface area contributed by atoms with Crippen molar-refractivity contribution in [3.05, 3.63) is 82.7 Å². The Morgan fingerprint density at radius 2 is 1.29 bits per heavy atom. The molecule has 0 unspecified atom stereocenters. The van der Waals surface area contributed by atoms with E-state index in [1.165, 1.54) is 50.6 Å². The van der Waals surface area contributed by atoms with Crippen molar-refractivity contribution in [2.45, 2.75) is 5.51 Å². The lowest BCUT2D eigenvalue weighted by atomic mass is 9.97.